The van der Waals surface area contributed by atoms with Crippen LogP contribution in [0.15, 0.2) is 47.4 Å². The summed E-state index contributed by atoms with van der Waals surface area (Å²) in [7, 11) is -4.19. The monoisotopic (exact) mass is 421 g/mol. The van der Waals surface area contributed by atoms with Crippen molar-refractivity contribution in [2.45, 2.75) is 4.90 Å². The first-order chi connectivity index (χ1) is 9.81. The third-order valence-electron chi connectivity index (χ3n) is 2.48. The van der Waals surface area contributed by atoms with Crippen LogP contribution in [0.2, 0.25) is 0 Å². The van der Waals surface area contributed by atoms with Gasteiger partial charge in [-0.15, -0.1) is 0 Å². The van der Waals surface area contributed by atoms with Gasteiger partial charge >= 0.3 is 10.1 Å². The third kappa shape index (κ3) is 3.42. The highest BCUT2D eigenvalue weighted by Crippen LogP contribution is 2.33. The molecule has 0 saturated carbocycles. The van der Waals surface area contributed by atoms with Crippen molar-refractivity contribution in [2.24, 2.45) is 0 Å². The Balaban J connectivity index is 2.36. The number of nitrogens with zero attached hydrogens (tertiary/aromatic N) is 1. The molecule has 0 fully saturated rings. The Morgan fingerprint density at radius 1 is 1.14 bits per heavy atom. The summed E-state index contributed by atoms with van der Waals surface area (Å²) in [5.41, 5.74) is -0.230. The van der Waals surface area contributed by atoms with Gasteiger partial charge in [0.25, 0.3) is 5.69 Å². The highest BCUT2D eigenvalue weighted by Gasteiger charge is 2.21. The molecule has 0 radical (unpaired) electrons. The van der Waals surface area contributed by atoms with Gasteiger partial charge in [-0.2, -0.15) is 8.42 Å². The second-order valence-corrected chi connectivity index (χ2v) is 6.59. The highest BCUT2D eigenvalue weighted by molar-refractivity contribution is 14.1. The summed E-state index contributed by atoms with van der Waals surface area (Å²) >= 11 is 1.82. The molecular formula is C12H8INO6S. The van der Waals surface area contributed by atoms with Gasteiger partial charge in [0.1, 0.15) is 4.90 Å². The van der Waals surface area contributed by atoms with E-state index in [0.717, 1.165) is 24.3 Å². The minimum atomic E-state index is -4.19. The van der Waals surface area contributed by atoms with Crippen LogP contribution in [0.25, 0.3) is 0 Å². The Kier molecular flexibility index (Phi) is 4.32. The molecule has 0 aromatic heterocycles. The number of halogens is 1. The summed E-state index contributed by atoms with van der Waals surface area (Å²) in [6.07, 6.45) is 0. The summed E-state index contributed by atoms with van der Waals surface area (Å²) in [5, 5.41) is 20.2. The fourth-order valence-corrected chi connectivity index (χ4v) is 3.18. The Morgan fingerprint density at radius 3 is 2.29 bits per heavy atom. The Morgan fingerprint density at radius 2 is 1.76 bits per heavy atom. The van der Waals surface area contributed by atoms with Crippen molar-refractivity contribution in [3.05, 3.63) is 56.1 Å². The van der Waals surface area contributed by atoms with Crippen LogP contribution in [0.3, 0.4) is 0 Å². The smallest absolute Gasteiger partial charge is 0.339 e. The molecule has 1 N–H and O–H groups in total. The SMILES string of the molecule is O=[N+]([O-])c1ccc(S(=O)(=O)Oc2c(O)cccc2I)cc1. The van der Waals surface area contributed by atoms with Crippen molar-refractivity contribution in [3.8, 4) is 11.5 Å². The average Bonchev–Trinajstić information content (AvgIpc) is 2.43. The number of phenolic OH excluding ortho intramolecular Hbond substituents is 1. The summed E-state index contributed by atoms with van der Waals surface area (Å²) in [6.45, 7) is 0. The molecule has 0 saturated heterocycles. The van der Waals surface area contributed by atoms with E-state index in [1.807, 2.05) is 22.6 Å². The van der Waals surface area contributed by atoms with Crippen molar-refractivity contribution < 1.29 is 22.6 Å². The van der Waals surface area contributed by atoms with Crippen molar-refractivity contribution in [1.82, 2.24) is 0 Å². The number of para-hydroxylation sites is 1. The van der Waals surface area contributed by atoms with Crippen LogP contribution in [0, 0.1) is 13.7 Å². The number of nitro benzene ring substituents is 1. The zero-order chi connectivity index (χ0) is 15.6. The lowest BCUT2D eigenvalue weighted by Crippen LogP contribution is -2.10. The zero-order valence-corrected chi connectivity index (χ0v) is 13.2. The first kappa shape index (κ1) is 15.5. The van der Waals surface area contributed by atoms with Gasteiger partial charge in [-0.25, -0.2) is 0 Å². The maximum absolute atomic E-state index is 12.1. The zero-order valence-electron chi connectivity index (χ0n) is 10.3. The third-order valence-corrected chi connectivity index (χ3v) is 4.56. The number of rotatable bonds is 4. The lowest BCUT2D eigenvalue weighted by Gasteiger charge is -2.09. The minimum Gasteiger partial charge on any atom is -0.504 e. The number of benzene rings is 2. The van der Waals surface area contributed by atoms with Crippen LogP contribution < -0.4 is 4.18 Å². The number of phenols is 1. The molecule has 0 aliphatic rings. The van der Waals surface area contributed by atoms with E-state index >= 15 is 0 Å². The molecule has 0 amide bonds. The fraction of sp³-hybridized carbons (Fsp3) is 0. The number of hydrogen-bond acceptors (Lipinski definition) is 6. The molecule has 9 heteroatoms. The minimum absolute atomic E-state index is 0.184. The van der Waals surface area contributed by atoms with Crippen LogP contribution >= 0.6 is 22.6 Å². The van der Waals surface area contributed by atoms with Crippen molar-refractivity contribution in [2.75, 3.05) is 0 Å². The van der Waals surface area contributed by atoms with Crippen molar-refractivity contribution >= 4 is 38.4 Å². The molecule has 2 aromatic carbocycles. The van der Waals surface area contributed by atoms with Crippen molar-refractivity contribution in [3.63, 3.8) is 0 Å². The van der Waals surface area contributed by atoms with Crippen LogP contribution in [0.5, 0.6) is 11.5 Å². The Bertz CT molecular complexity index is 768. The van der Waals surface area contributed by atoms with E-state index in [-0.39, 0.29) is 22.1 Å². The molecule has 0 atom stereocenters. The normalized spacial score (nSPS) is 11.1. The largest absolute Gasteiger partial charge is 0.504 e. The topological polar surface area (TPSA) is 107 Å². The standard InChI is InChI=1S/C12H8INO6S/c13-10-2-1-3-11(15)12(10)20-21(18,19)9-6-4-8(5-7-9)14(16)17/h1-7,15H. The van der Waals surface area contributed by atoms with E-state index in [9.17, 15) is 23.6 Å². The van der Waals surface area contributed by atoms with Crippen LogP contribution in [-0.2, 0) is 10.1 Å². The van der Waals surface area contributed by atoms with Gasteiger partial charge in [0.2, 0.25) is 0 Å². The van der Waals surface area contributed by atoms with Gasteiger partial charge in [-0.05, 0) is 46.9 Å². The number of non-ortho nitro benzene ring substituents is 1. The molecule has 0 unspecified atom stereocenters. The first-order valence-corrected chi connectivity index (χ1v) is 7.96. The Hall–Kier alpha value is -1.88. The average molecular weight is 421 g/mol. The summed E-state index contributed by atoms with van der Waals surface area (Å²) in [4.78, 5) is 9.65. The van der Waals surface area contributed by atoms with E-state index in [4.69, 9.17) is 4.18 Å². The predicted molar refractivity (Wildman–Crippen MR) is 81.7 cm³/mol. The van der Waals surface area contributed by atoms with Gasteiger partial charge in [0, 0.05) is 12.1 Å². The van der Waals surface area contributed by atoms with Gasteiger partial charge in [-0.1, -0.05) is 6.07 Å². The molecule has 21 heavy (non-hydrogen) atoms. The molecule has 2 rings (SSSR count). The van der Waals surface area contributed by atoms with Crippen LogP contribution in [0.4, 0.5) is 5.69 Å². The number of aromatic hydroxyl groups is 1. The molecule has 110 valence electrons. The van der Waals surface area contributed by atoms with Gasteiger partial charge in [0.05, 0.1) is 8.49 Å². The van der Waals surface area contributed by atoms with E-state index in [1.54, 1.807) is 12.1 Å². The molecule has 0 bridgehead atoms. The summed E-state index contributed by atoms with van der Waals surface area (Å²) in [6, 6.07) is 8.67. The second-order valence-electron chi connectivity index (χ2n) is 3.88. The van der Waals surface area contributed by atoms with E-state index in [1.165, 1.54) is 6.07 Å². The number of hydrogen-bond donors (Lipinski definition) is 1. The summed E-state index contributed by atoms with van der Waals surface area (Å²) in [5.74, 6) is -0.496. The molecule has 0 aliphatic carbocycles. The maximum atomic E-state index is 12.1. The quantitative estimate of drug-likeness (QED) is 0.352. The van der Waals surface area contributed by atoms with Crippen molar-refractivity contribution in [1.29, 1.82) is 0 Å². The molecule has 0 heterocycles. The highest BCUT2D eigenvalue weighted by atomic mass is 127. The molecule has 0 spiro atoms. The second kappa shape index (κ2) is 5.85. The lowest BCUT2D eigenvalue weighted by molar-refractivity contribution is -0.384. The predicted octanol–water partition coefficient (Wildman–Crippen LogP) is 2.67. The first-order valence-electron chi connectivity index (χ1n) is 5.47. The lowest BCUT2D eigenvalue weighted by atomic mass is 10.3. The van der Waals surface area contributed by atoms with E-state index in [2.05, 4.69) is 0 Å². The van der Waals surface area contributed by atoms with Crippen LogP contribution in [0.1, 0.15) is 0 Å². The fourth-order valence-electron chi connectivity index (χ4n) is 1.47. The van der Waals surface area contributed by atoms with Gasteiger partial charge in [-0.3, -0.25) is 10.1 Å². The van der Waals surface area contributed by atoms with Gasteiger partial charge < -0.3 is 9.29 Å². The number of nitro groups is 1. The van der Waals surface area contributed by atoms with Crippen LogP contribution in [-0.4, -0.2) is 18.4 Å². The van der Waals surface area contributed by atoms with Gasteiger partial charge in [0.15, 0.2) is 11.5 Å². The van der Waals surface area contributed by atoms with E-state index < -0.39 is 15.0 Å². The molecular weight excluding hydrogens is 413 g/mol. The molecule has 7 nitrogen and oxygen atoms in total. The summed E-state index contributed by atoms with van der Waals surface area (Å²) < 4.78 is 29.5. The molecule has 2 aromatic rings. The maximum Gasteiger partial charge on any atom is 0.339 e. The molecule has 0 aliphatic heterocycles. The van der Waals surface area contributed by atoms with E-state index in [0.29, 0.717) is 3.57 Å². The Labute approximate surface area is 133 Å².